The van der Waals surface area contributed by atoms with E-state index in [1.807, 2.05) is 12.1 Å². The quantitative estimate of drug-likeness (QED) is 0.838. The lowest BCUT2D eigenvalue weighted by molar-refractivity contribution is 0.182. The summed E-state index contributed by atoms with van der Waals surface area (Å²) in [6.07, 6.45) is 5.75. The number of likely N-dealkylation sites (tertiary alicyclic amines) is 1. The van der Waals surface area contributed by atoms with Gasteiger partial charge in [-0.2, -0.15) is 0 Å². The highest BCUT2D eigenvalue weighted by atomic mass is 35.5. The average molecular weight is 311 g/mol. The Morgan fingerprint density at radius 3 is 2.76 bits per heavy atom. The molecule has 0 amide bonds. The number of rotatable bonds is 7. The number of hydrogen-bond acceptors (Lipinski definition) is 3. The van der Waals surface area contributed by atoms with Crippen LogP contribution in [0.15, 0.2) is 18.2 Å². The van der Waals surface area contributed by atoms with Crippen molar-refractivity contribution >= 4 is 11.6 Å². The van der Waals surface area contributed by atoms with Crippen LogP contribution >= 0.6 is 11.6 Å². The second-order valence-corrected chi connectivity index (χ2v) is 6.26. The molecule has 0 radical (unpaired) electrons. The van der Waals surface area contributed by atoms with E-state index in [2.05, 4.69) is 17.9 Å². The summed E-state index contributed by atoms with van der Waals surface area (Å²) in [6, 6.07) is 6.08. The zero-order valence-electron chi connectivity index (χ0n) is 13.0. The van der Waals surface area contributed by atoms with Gasteiger partial charge in [0.05, 0.1) is 5.02 Å². The molecule has 1 heterocycles. The third-order valence-electron chi connectivity index (χ3n) is 4.16. The Bertz CT molecular complexity index is 433. The molecular formula is C17H27ClN2O. The zero-order valence-corrected chi connectivity index (χ0v) is 13.7. The lowest BCUT2D eigenvalue weighted by Gasteiger charge is -2.26. The second kappa shape index (κ2) is 8.62. The highest BCUT2D eigenvalue weighted by molar-refractivity contribution is 6.32. The minimum atomic E-state index is 0.160. The summed E-state index contributed by atoms with van der Waals surface area (Å²) in [5, 5.41) is 0.689. The van der Waals surface area contributed by atoms with E-state index in [9.17, 15) is 0 Å². The van der Waals surface area contributed by atoms with Crippen LogP contribution in [-0.2, 0) is 6.42 Å². The van der Waals surface area contributed by atoms with Crippen molar-refractivity contribution in [2.24, 2.45) is 5.73 Å². The molecular weight excluding hydrogens is 284 g/mol. The molecule has 21 heavy (non-hydrogen) atoms. The van der Waals surface area contributed by atoms with E-state index in [1.165, 1.54) is 32.4 Å². The average Bonchev–Trinajstić information content (AvgIpc) is 2.51. The molecule has 3 nitrogen and oxygen atoms in total. The normalized spacial score (nSPS) is 17.7. The van der Waals surface area contributed by atoms with E-state index in [-0.39, 0.29) is 6.04 Å². The topological polar surface area (TPSA) is 38.5 Å². The Morgan fingerprint density at radius 1 is 1.29 bits per heavy atom. The summed E-state index contributed by atoms with van der Waals surface area (Å²) >= 11 is 6.30. The van der Waals surface area contributed by atoms with E-state index in [4.69, 9.17) is 22.1 Å². The van der Waals surface area contributed by atoms with Gasteiger partial charge in [0.25, 0.3) is 0 Å². The van der Waals surface area contributed by atoms with Crippen molar-refractivity contribution in [3.05, 3.63) is 28.8 Å². The van der Waals surface area contributed by atoms with Gasteiger partial charge in [-0.25, -0.2) is 0 Å². The predicted molar refractivity (Wildman–Crippen MR) is 89.2 cm³/mol. The van der Waals surface area contributed by atoms with Gasteiger partial charge >= 0.3 is 0 Å². The fourth-order valence-corrected chi connectivity index (χ4v) is 3.01. The van der Waals surface area contributed by atoms with E-state index in [0.29, 0.717) is 11.6 Å². The first kappa shape index (κ1) is 16.6. The largest absolute Gasteiger partial charge is 0.490 e. The number of halogens is 1. The first-order valence-corrected chi connectivity index (χ1v) is 8.46. The Kier molecular flexibility index (Phi) is 6.81. The number of benzene rings is 1. The number of nitrogens with zero attached hydrogens (tertiary/aromatic N) is 1. The molecule has 1 saturated heterocycles. The minimum absolute atomic E-state index is 0.160. The van der Waals surface area contributed by atoms with Gasteiger partial charge in [-0.3, -0.25) is 4.90 Å². The van der Waals surface area contributed by atoms with Crippen LogP contribution in [-0.4, -0.2) is 37.2 Å². The molecule has 0 aliphatic carbocycles. The second-order valence-electron chi connectivity index (χ2n) is 5.85. The summed E-state index contributed by atoms with van der Waals surface area (Å²) in [5.41, 5.74) is 7.18. The van der Waals surface area contributed by atoms with Gasteiger partial charge in [0, 0.05) is 12.6 Å². The van der Waals surface area contributed by atoms with Gasteiger partial charge in [-0.15, -0.1) is 0 Å². The highest BCUT2D eigenvalue weighted by Crippen LogP contribution is 2.29. The number of hydrogen-bond donors (Lipinski definition) is 1. The molecule has 4 heteroatoms. The fourth-order valence-electron chi connectivity index (χ4n) is 2.76. The molecule has 1 unspecified atom stereocenters. The van der Waals surface area contributed by atoms with Crippen molar-refractivity contribution in [2.45, 2.75) is 45.1 Å². The predicted octanol–water partition coefficient (Wildman–Crippen LogP) is 3.48. The van der Waals surface area contributed by atoms with E-state index >= 15 is 0 Å². The molecule has 1 fully saturated rings. The lowest BCUT2D eigenvalue weighted by atomic mass is 10.0. The van der Waals surface area contributed by atoms with Crippen LogP contribution in [0.5, 0.6) is 5.75 Å². The number of piperidine rings is 1. The molecule has 1 aromatic carbocycles. The minimum Gasteiger partial charge on any atom is -0.490 e. The first-order valence-electron chi connectivity index (χ1n) is 8.08. The third-order valence-corrected chi connectivity index (χ3v) is 4.46. The van der Waals surface area contributed by atoms with Crippen molar-refractivity contribution in [3.63, 3.8) is 0 Å². The van der Waals surface area contributed by atoms with Crippen molar-refractivity contribution in [1.82, 2.24) is 4.90 Å². The van der Waals surface area contributed by atoms with Crippen LogP contribution in [0.3, 0.4) is 0 Å². The molecule has 2 rings (SSSR count). The van der Waals surface area contributed by atoms with E-state index in [0.717, 1.165) is 30.7 Å². The van der Waals surface area contributed by atoms with Gasteiger partial charge in [0.1, 0.15) is 12.4 Å². The molecule has 2 N–H and O–H groups in total. The first-order chi connectivity index (χ1) is 10.2. The van der Waals surface area contributed by atoms with Crippen molar-refractivity contribution in [2.75, 3.05) is 26.2 Å². The SMILES string of the molecule is CCC(N)Cc1cccc(Cl)c1OCCN1CCCCC1. The summed E-state index contributed by atoms with van der Waals surface area (Å²) in [4.78, 5) is 2.47. The van der Waals surface area contributed by atoms with Crippen LogP contribution in [0, 0.1) is 0 Å². The van der Waals surface area contributed by atoms with Crippen LogP contribution in [0.1, 0.15) is 38.2 Å². The summed E-state index contributed by atoms with van der Waals surface area (Å²) < 4.78 is 5.99. The summed E-state index contributed by atoms with van der Waals surface area (Å²) in [7, 11) is 0. The van der Waals surface area contributed by atoms with Gasteiger partial charge in [-0.05, 0) is 50.4 Å². The molecule has 1 aromatic rings. The monoisotopic (exact) mass is 310 g/mol. The van der Waals surface area contributed by atoms with Gasteiger partial charge < -0.3 is 10.5 Å². The maximum atomic E-state index is 6.30. The Balaban J connectivity index is 1.91. The smallest absolute Gasteiger partial charge is 0.141 e. The van der Waals surface area contributed by atoms with Crippen molar-refractivity contribution in [1.29, 1.82) is 0 Å². The van der Waals surface area contributed by atoms with E-state index < -0.39 is 0 Å². The van der Waals surface area contributed by atoms with Crippen LogP contribution in [0.25, 0.3) is 0 Å². The molecule has 0 aromatic heterocycles. The molecule has 1 aliphatic heterocycles. The Morgan fingerprint density at radius 2 is 2.05 bits per heavy atom. The molecule has 0 saturated carbocycles. The lowest BCUT2D eigenvalue weighted by Crippen LogP contribution is -2.33. The molecule has 1 aliphatic rings. The zero-order chi connectivity index (χ0) is 15.1. The van der Waals surface area contributed by atoms with Gasteiger partial charge in [0.15, 0.2) is 0 Å². The molecule has 0 bridgehead atoms. The molecule has 1 atom stereocenters. The highest BCUT2D eigenvalue weighted by Gasteiger charge is 2.13. The van der Waals surface area contributed by atoms with E-state index in [1.54, 1.807) is 0 Å². The van der Waals surface area contributed by atoms with Crippen molar-refractivity contribution < 1.29 is 4.74 Å². The summed E-state index contributed by atoms with van der Waals surface area (Å²) in [5.74, 6) is 0.820. The fraction of sp³-hybridized carbons (Fsp3) is 0.647. The molecule has 118 valence electrons. The number of ether oxygens (including phenoxy) is 1. The van der Waals surface area contributed by atoms with Crippen LogP contribution in [0.4, 0.5) is 0 Å². The third kappa shape index (κ3) is 5.17. The van der Waals surface area contributed by atoms with Gasteiger partial charge in [-0.1, -0.05) is 37.1 Å². The number of para-hydroxylation sites is 1. The maximum Gasteiger partial charge on any atom is 0.141 e. The number of nitrogens with two attached hydrogens (primary N) is 1. The van der Waals surface area contributed by atoms with Crippen LogP contribution in [0.2, 0.25) is 5.02 Å². The Labute approximate surface area is 133 Å². The van der Waals surface area contributed by atoms with Crippen LogP contribution < -0.4 is 10.5 Å². The summed E-state index contributed by atoms with van der Waals surface area (Å²) in [6.45, 7) is 6.16. The standard InChI is InChI=1S/C17H27ClN2O/c1-2-15(19)13-14-7-6-8-16(18)17(14)21-12-11-20-9-4-3-5-10-20/h6-8,15H,2-5,9-13,19H2,1H3. The maximum absolute atomic E-state index is 6.30. The van der Waals surface area contributed by atoms with Crippen molar-refractivity contribution in [3.8, 4) is 5.75 Å². The Hall–Kier alpha value is -0.770. The van der Waals surface area contributed by atoms with Gasteiger partial charge in [0.2, 0.25) is 0 Å². The molecule has 0 spiro atoms.